The van der Waals surface area contributed by atoms with Crippen LogP contribution in [0.25, 0.3) is 0 Å². The summed E-state index contributed by atoms with van der Waals surface area (Å²) in [5.41, 5.74) is 0. The van der Waals surface area contributed by atoms with E-state index in [4.69, 9.17) is 0 Å². The van der Waals surface area contributed by atoms with E-state index >= 15 is 0 Å². The van der Waals surface area contributed by atoms with E-state index in [0.717, 1.165) is 12.6 Å². The Morgan fingerprint density at radius 2 is 2.12 bits per heavy atom. The topological polar surface area (TPSA) is 21.1 Å². The van der Waals surface area contributed by atoms with Gasteiger partial charge in [-0.2, -0.15) is 28.6 Å². The molecule has 3 nitrogen and oxygen atoms in total. The molecule has 1 aromatic heterocycles. The van der Waals surface area contributed by atoms with E-state index in [1.807, 2.05) is 23.1 Å². The Balaban J connectivity index is 1.67. The first-order valence-electron chi connectivity index (χ1n) is 6.19. The minimum atomic E-state index is 0.755. The molecule has 2 heterocycles. The van der Waals surface area contributed by atoms with Crippen molar-refractivity contribution in [3.8, 4) is 0 Å². The van der Waals surface area contributed by atoms with Crippen molar-refractivity contribution in [3.63, 3.8) is 0 Å². The summed E-state index contributed by atoms with van der Waals surface area (Å²) in [7, 11) is 2.26. The number of hydrogen-bond donors (Lipinski definition) is 0. The molecule has 0 aromatic carbocycles. The van der Waals surface area contributed by atoms with Crippen LogP contribution in [0.5, 0.6) is 0 Å². The molecule has 1 aliphatic rings. The number of aromatic nitrogens is 2. The molecule has 96 valence electrons. The van der Waals surface area contributed by atoms with E-state index < -0.39 is 0 Å². The van der Waals surface area contributed by atoms with Gasteiger partial charge in [-0.3, -0.25) is 4.68 Å². The highest BCUT2D eigenvalue weighted by atomic mass is 32.2. The number of thioether (sulfide) groups is 2. The highest BCUT2D eigenvalue weighted by Gasteiger charge is 2.16. The predicted octanol–water partition coefficient (Wildman–Crippen LogP) is 2.05. The molecule has 0 saturated carbocycles. The van der Waals surface area contributed by atoms with Gasteiger partial charge < -0.3 is 4.90 Å². The van der Waals surface area contributed by atoms with Gasteiger partial charge in [0, 0.05) is 48.0 Å². The van der Waals surface area contributed by atoms with Crippen LogP contribution in [0.4, 0.5) is 0 Å². The molecule has 0 atom stereocenters. The fraction of sp³-hybridized carbons (Fsp3) is 0.750. The summed E-state index contributed by atoms with van der Waals surface area (Å²) in [6.07, 6.45) is 5.07. The lowest BCUT2D eigenvalue weighted by molar-refractivity contribution is 0.271. The molecule has 0 spiro atoms. The number of hydrogen-bond acceptors (Lipinski definition) is 4. The van der Waals surface area contributed by atoms with Crippen molar-refractivity contribution in [2.75, 3.05) is 36.6 Å². The summed E-state index contributed by atoms with van der Waals surface area (Å²) in [6.45, 7) is 2.20. The average Bonchev–Trinajstić information content (AvgIpc) is 2.69. The molecular weight excluding hydrogens is 250 g/mol. The van der Waals surface area contributed by atoms with Crippen LogP contribution in [0.1, 0.15) is 6.42 Å². The van der Waals surface area contributed by atoms with Gasteiger partial charge in [-0.15, -0.1) is 0 Å². The SMILES string of the molecule is CN(CCCn1cccn1)C1CSCCSC1. The lowest BCUT2D eigenvalue weighted by Gasteiger charge is -2.26. The maximum atomic E-state index is 4.23. The smallest absolute Gasteiger partial charge is 0.0489 e. The van der Waals surface area contributed by atoms with Crippen LogP contribution >= 0.6 is 23.5 Å². The minimum Gasteiger partial charge on any atom is -0.302 e. The van der Waals surface area contributed by atoms with Gasteiger partial charge in [-0.05, 0) is 26.1 Å². The van der Waals surface area contributed by atoms with E-state index in [1.54, 1.807) is 0 Å². The summed E-state index contributed by atoms with van der Waals surface area (Å²) >= 11 is 4.21. The zero-order chi connectivity index (χ0) is 11.9. The molecule has 0 N–H and O–H groups in total. The summed E-state index contributed by atoms with van der Waals surface area (Å²) in [5.74, 6) is 5.24. The molecule has 2 rings (SSSR count). The van der Waals surface area contributed by atoms with Gasteiger partial charge in [0.15, 0.2) is 0 Å². The first-order valence-corrected chi connectivity index (χ1v) is 8.50. The molecule has 17 heavy (non-hydrogen) atoms. The van der Waals surface area contributed by atoms with Crippen LogP contribution in [0.15, 0.2) is 18.5 Å². The molecule has 0 aliphatic carbocycles. The summed E-state index contributed by atoms with van der Waals surface area (Å²) < 4.78 is 2.02. The third kappa shape index (κ3) is 4.56. The Hall–Kier alpha value is -0.130. The highest BCUT2D eigenvalue weighted by Crippen LogP contribution is 2.19. The zero-order valence-corrected chi connectivity index (χ0v) is 12.1. The van der Waals surface area contributed by atoms with Crippen molar-refractivity contribution in [3.05, 3.63) is 18.5 Å². The molecule has 0 unspecified atom stereocenters. The number of aryl methyl sites for hydroxylation is 1. The van der Waals surface area contributed by atoms with Gasteiger partial charge in [-0.1, -0.05) is 0 Å². The summed E-state index contributed by atoms with van der Waals surface area (Å²) in [6, 6.07) is 2.74. The number of nitrogens with zero attached hydrogens (tertiary/aromatic N) is 3. The van der Waals surface area contributed by atoms with Crippen molar-refractivity contribution < 1.29 is 0 Å². The number of rotatable bonds is 5. The molecule has 1 fully saturated rings. The maximum absolute atomic E-state index is 4.23. The van der Waals surface area contributed by atoms with Gasteiger partial charge in [0.05, 0.1) is 0 Å². The molecule has 1 saturated heterocycles. The van der Waals surface area contributed by atoms with Gasteiger partial charge >= 0.3 is 0 Å². The lowest BCUT2D eigenvalue weighted by Crippen LogP contribution is -2.36. The van der Waals surface area contributed by atoms with Crippen molar-refractivity contribution >= 4 is 23.5 Å². The summed E-state index contributed by atoms with van der Waals surface area (Å²) in [4.78, 5) is 2.52. The Morgan fingerprint density at radius 3 is 2.76 bits per heavy atom. The van der Waals surface area contributed by atoms with Gasteiger partial charge in [0.25, 0.3) is 0 Å². The normalized spacial score (nSPS) is 18.5. The molecule has 0 radical (unpaired) electrons. The first-order chi connectivity index (χ1) is 8.36. The third-order valence-electron chi connectivity index (χ3n) is 3.07. The molecule has 1 aromatic rings. The zero-order valence-electron chi connectivity index (χ0n) is 10.4. The fourth-order valence-corrected chi connectivity index (χ4v) is 4.67. The van der Waals surface area contributed by atoms with E-state index in [-0.39, 0.29) is 0 Å². The highest BCUT2D eigenvalue weighted by molar-refractivity contribution is 8.03. The van der Waals surface area contributed by atoms with Gasteiger partial charge in [-0.25, -0.2) is 0 Å². The fourth-order valence-electron chi connectivity index (χ4n) is 1.96. The van der Waals surface area contributed by atoms with Crippen molar-refractivity contribution in [1.29, 1.82) is 0 Å². The largest absolute Gasteiger partial charge is 0.302 e. The quantitative estimate of drug-likeness (QED) is 0.817. The van der Waals surface area contributed by atoms with Crippen LogP contribution in [0, 0.1) is 0 Å². The van der Waals surface area contributed by atoms with Crippen LogP contribution < -0.4 is 0 Å². The van der Waals surface area contributed by atoms with E-state index in [1.165, 1.54) is 36.0 Å². The Labute approximate surface area is 112 Å². The second kappa shape index (κ2) is 7.34. The molecule has 1 aliphatic heterocycles. The third-order valence-corrected chi connectivity index (χ3v) is 5.56. The van der Waals surface area contributed by atoms with Crippen molar-refractivity contribution in [2.45, 2.75) is 19.0 Å². The summed E-state index contributed by atoms with van der Waals surface area (Å²) in [5, 5.41) is 4.23. The average molecular weight is 271 g/mol. The van der Waals surface area contributed by atoms with Crippen LogP contribution in [-0.4, -0.2) is 57.3 Å². The molecule has 0 bridgehead atoms. The van der Waals surface area contributed by atoms with Crippen LogP contribution in [0.3, 0.4) is 0 Å². The van der Waals surface area contributed by atoms with Crippen LogP contribution in [0.2, 0.25) is 0 Å². The lowest BCUT2D eigenvalue weighted by atomic mass is 10.3. The molecule has 0 amide bonds. The Morgan fingerprint density at radius 1 is 1.35 bits per heavy atom. The monoisotopic (exact) mass is 271 g/mol. The standard InChI is InChI=1S/C12H21N3S2/c1-14(12-10-16-8-9-17-11-12)5-3-7-15-6-2-4-13-15/h2,4,6,12H,3,5,7-11H2,1H3. The second-order valence-electron chi connectivity index (χ2n) is 4.41. The maximum Gasteiger partial charge on any atom is 0.0489 e. The van der Waals surface area contributed by atoms with Crippen molar-refractivity contribution in [1.82, 2.24) is 14.7 Å². The van der Waals surface area contributed by atoms with Crippen LogP contribution in [-0.2, 0) is 6.54 Å². The molecule has 5 heteroatoms. The van der Waals surface area contributed by atoms with E-state index in [9.17, 15) is 0 Å². The second-order valence-corrected chi connectivity index (χ2v) is 6.71. The Bertz CT molecular complexity index is 295. The molecular formula is C12H21N3S2. The van der Waals surface area contributed by atoms with Crippen molar-refractivity contribution in [2.24, 2.45) is 0 Å². The van der Waals surface area contributed by atoms with Gasteiger partial charge in [0.1, 0.15) is 0 Å². The first kappa shape index (κ1) is 13.3. The predicted molar refractivity (Wildman–Crippen MR) is 77.9 cm³/mol. The Kier molecular flexibility index (Phi) is 5.74. The van der Waals surface area contributed by atoms with Gasteiger partial charge in [0.2, 0.25) is 0 Å². The van der Waals surface area contributed by atoms with E-state index in [2.05, 4.69) is 40.6 Å². The minimum absolute atomic E-state index is 0.755. The van der Waals surface area contributed by atoms with E-state index in [0.29, 0.717) is 0 Å².